The molecule has 1 heterocycles. The van der Waals surface area contributed by atoms with E-state index in [1.54, 1.807) is 6.07 Å². The number of halogens is 4. The second-order valence-electron chi connectivity index (χ2n) is 4.42. The second-order valence-corrected chi connectivity index (χ2v) is 5.28. The number of rotatable bonds is 1. The van der Waals surface area contributed by atoms with E-state index in [9.17, 15) is 18.3 Å². The lowest BCUT2D eigenvalue weighted by Gasteiger charge is -2.24. The molecular weight excluding hydrogens is 311 g/mol. The standard InChI is InChI=1S/C12H13BrF3NO/c13-10-6-8(7-1-3-17-4-2-7)5-9(11(10)18)12(14,15)16/h5-7,17-18H,1-4H2. The number of hydrogen-bond acceptors (Lipinski definition) is 2. The molecule has 1 fully saturated rings. The molecule has 2 rings (SSSR count). The summed E-state index contributed by atoms with van der Waals surface area (Å²) in [5.41, 5.74) is -0.334. The first-order valence-electron chi connectivity index (χ1n) is 5.70. The van der Waals surface area contributed by atoms with E-state index in [4.69, 9.17) is 0 Å². The Bertz CT molecular complexity index is 442. The first-order valence-corrected chi connectivity index (χ1v) is 6.49. The van der Waals surface area contributed by atoms with Crippen molar-refractivity contribution in [3.05, 3.63) is 27.7 Å². The van der Waals surface area contributed by atoms with E-state index < -0.39 is 17.5 Å². The normalized spacial score (nSPS) is 18.0. The van der Waals surface area contributed by atoms with Crippen LogP contribution in [0.25, 0.3) is 0 Å². The van der Waals surface area contributed by atoms with E-state index in [2.05, 4.69) is 21.2 Å². The monoisotopic (exact) mass is 323 g/mol. The molecule has 100 valence electrons. The predicted octanol–water partition coefficient (Wildman–Crippen LogP) is 3.64. The maximum atomic E-state index is 12.8. The van der Waals surface area contributed by atoms with Gasteiger partial charge in [-0.1, -0.05) is 0 Å². The Balaban J connectivity index is 2.40. The minimum Gasteiger partial charge on any atom is -0.506 e. The summed E-state index contributed by atoms with van der Waals surface area (Å²) in [5.74, 6) is -0.621. The summed E-state index contributed by atoms with van der Waals surface area (Å²) in [6, 6.07) is 2.65. The first kappa shape index (κ1) is 13.7. The third-order valence-corrected chi connectivity index (χ3v) is 3.81. The number of hydrogen-bond donors (Lipinski definition) is 2. The Morgan fingerprint density at radius 2 is 1.83 bits per heavy atom. The maximum Gasteiger partial charge on any atom is 0.420 e. The Hall–Kier alpha value is -0.750. The van der Waals surface area contributed by atoms with Crippen LogP contribution in [0.1, 0.15) is 29.9 Å². The zero-order valence-electron chi connectivity index (χ0n) is 9.52. The molecular formula is C12H13BrF3NO. The van der Waals surface area contributed by atoms with Gasteiger partial charge in [-0.05, 0) is 65.5 Å². The number of benzene rings is 1. The molecule has 0 unspecified atom stereocenters. The predicted molar refractivity (Wildman–Crippen MR) is 65.7 cm³/mol. The van der Waals surface area contributed by atoms with Crippen LogP contribution in [0.5, 0.6) is 5.75 Å². The van der Waals surface area contributed by atoms with Crippen molar-refractivity contribution in [1.29, 1.82) is 0 Å². The van der Waals surface area contributed by atoms with Crippen LogP contribution in [-0.2, 0) is 6.18 Å². The van der Waals surface area contributed by atoms with Crippen molar-refractivity contribution in [2.24, 2.45) is 0 Å². The molecule has 0 spiro atoms. The van der Waals surface area contributed by atoms with E-state index in [1.165, 1.54) is 0 Å². The lowest BCUT2D eigenvalue weighted by Crippen LogP contribution is -2.26. The molecule has 1 saturated heterocycles. The van der Waals surface area contributed by atoms with E-state index >= 15 is 0 Å². The van der Waals surface area contributed by atoms with Crippen LogP contribution in [0.3, 0.4) is 0 Å². The summed E-state index contributed by atoms with van der Waals surface area (Å²) in [5, 5.41) is 12.6. The molecule has 0 bridgehead atoms. The number of phenolic OH excluding ortho intramolecular Hbond substituents is 1. The third kappa shape index (κ3) is 2.80. The van der Waals surface area contributed by atoms with Crippen LogP contribution in [0.15, 0.2) is 16.6 Å². The molecule has 18 heavy (non-hydrogen) atoms. The average molecular weight is 324 g/mol. The first-order chi connectivity index (χ1) is 8.39. The highest BCUT2D eigenvalue weighted by Gasteiger charge is 2.35. The quantitative estimate of drug-likeness (QED) is 0.827. The van der Waals surface area contributed by atoms with Crippen LogP contribution in [-0.4, -0.2) is 18.2 Å². The maximum absolute atomic E-state index is 12.8. The highest BCUT2D eigenvalue weighted by molar-refractivity contribution is 9.10. The second kappa shape index (κ2) is 5.09. The molecule has 1 aliphatic rings. The molecule has 2 nitrogen and oxygen atoms in total. The molecule has 0 aliphatic carbocycles. The Morgan fingerprint density at radius 3 is 2.39 bits per heavy atom. The van der Waals surface area contributed by atoms with E-state index in [0.717, 1.165) is 32.0 Å². The number of alkyl halides is 3. The van der Waals surface area contributed by atoms with Gasteiger partial charge in [0.05, 0.1) is 10.0 Å². The molecule has 1 aromatic carbocycles. The summed E-state index contributed by atoms with van der Waals surface area (Å²) in [4.78, 5) is 0. The van der Waals surface area contributed by atoms with Crippen molar-refractivity contribution in [3.8, 4) is 5.75 Å². The Morgan fingerprint density at radius 1 is 1.22 bits per heavy atom. The zero-order chi connectivity index (χ0) is 13.3. The van der Waals surface area contributed by atoms with Crippen LogP contribution >= 0.6 is 15.9 Å². The van der Waals surface area contributed by atoms with Gasteiger partial charge in [0.15, 0.2) is 0 Å². The van der Waals surface area contributed by atoms with Crippen LogP contribution in [0.2, 0.25) is 0 Å². The fourth-order valence-electron chi connectivity index (χ4n) is 2.23. The van der Waals surface area contributed by atoms with Gasteiger partial charge in [-0.15, -0.1) is 0 Å². The molecule has 6 heteroatoms. The van der Waals surface area contributed by atoms with Gasteiger partial charge in [-0.25, -0.2) is 0 Å². The number of phenols is 1. The number of piperidine rings is 1. The van der Waals surface area contributed by atoms with Gasteiger partial charge in [0.25, 0.3) is 0 Å². The van der Waals surface area contributed by atoms with Crippen molar-refractivity contribution in [2.75, 3.05) is 13.1 Å². The van der Waals surface area contributed by atoms with Crippen molar-refractivity contribution >= 4 is 15.9 Å². The van der Waals surface area contributed by atoms with Gasteiger partial charge in [0.2, 0.25) is 0 Å². The minimum atomic E-state index is -4.53. The topological polar surface area (TPSA) is 32.3 Å². The molecule has 0 radical (unpaired) electrons. The Labute approximate surface area is 111 Å². The molecule has 2 N–H and O–H groups in total. The van der Waals surface area contributed by atoms with Gasteiger partial charge >= 0.3 is 6.18 Å². The highest BCUT2D eigenvalue weighted by atomic mass is 79.9. The lowest BCUT2D eigenvalue weighted by atomic mass is 9.89. The number of aromatic hydroxyl groups is 1. The molecule has 0 aromatic heterocycles. The van der Waals surface area contributed by atoms with Crippen LogP contribution < -0.4 is 5.32 Å². The molecule has 1 aromatic rings. The molecule has 0 atom stereocenters. The molecule has 0 saturated carbocycles. The van der Waals surface area contributed by atoms with E-state index in [0.29, 0.717) is 5.56 Å². The van der Waals surface area contributed by atoms with Crippen molar-refractivity contribution in [2.45, 2.75) is 24.9 Å². The lowest BCUT2D eigenvalue weighted by molar-refractivity contribution is -0.138. The van der Waals surface area contributed by atoms with Gasteiger partial charge in [-0.3, -0.25) is 0 Å². The fourth-order valence-corrected chi connectivity index (χ4v) is 2.70. The van der Waals surface area contributed by atoms with E-state index in [1.807, 2.05) is 0 Å². The average Bonchev–Trinajstić information content (AvgIpc) is 2.32. The van der Waals surface area contributed by atoms with Crippen molar-refractivity contribution in [3.63, 3.8) is 0 Å². The van der Waals surface area contributed by atoms with Gasteiger partial charge in [0, 0.05) is 0 Å². The Kier molecular flexibility index (Phi) is 3.87. The summed E-state index contributed by atoms with van der Waals surface area (Å²) in [6.45, 7) is 1.62. The van der Waals surface area contributed by atoms with Gasteiger partial charge in [0.1, 0.15) is 5.75 Å². The SMILES string of the molecule is Oc1c(Br)cc(C2CCNCC2)cc1C(F)(F)F. The fraction of sp³-hybridized carbons (Fsp3) is 0.500. The minimum absolute atomic E-state index is 0.103. The van der Waals surface area contributed by atoms with Crippen LogP contribution in [0, 0.1) is 0 Å². The summed E-state index contributed by atoms with van der Waals surface area (Å²) in [7, 11) is 0. The highest BCUT2D eigenvalue weighted by Crippen LogP contribution is 2.42. The van der Waals surface area contributed by atoms with Crippen molar-refractivity contribution < 1.29 is 18.3 Å². The third-order valence-electron chi connectivity index (χ3n) is 3.20. The number of nitrogens with one attached hydrogen (secondary N) is 1. The summed E-state index contributed by atoms with van der Waals surface area (Å²) in [6.07, 6.45) is -2.90. The van der Waals surface area contributed by atoms with Gasteiger partial charge in [-0.2, -0.15) is 13.2 Å². The smallest absolute Gasteiger partial charge is 0.420 e. The zero-order valence-corrected chi connectivity index (χ0v) is 11.1. The summed E-state index contributed by atoms with van der Waals surface area (Å²) < 4.78 is 38.5. The van der Waals surface area contributed by atoms with E-state index in [-0.39, 0.29) is 10.4 Å². The van der Waals surface area contributed by atoms with Crippen LogP contribution in [0.4, 0.5) is 13.2 Å². The molecule has 0 amide bonds. The molecule has 1 aliphatic heterocycles. The van der Waals surface area contributed by atoms with Crippen molar-refractivity contribution in [1.82, 2.24) is 5.32 Å². The van der Waals surface area contributed by atoms with Gasteiger partial charge < -0.3 is 10.4 Å². The summed E-state index contributed by atoms with van der Waals surface area (Å²) >= 11 is 2.99. The largest absolute Gasteiger partial charge is 0.506 e.